The lowest BCUT2D eigenvalue weighted by molar-refractivity contribution is -0.133. The van der Waals surface area contributed by atoms with Gasteiger partial charge in [0.05, 0.1) is 6.04 Å². The van der Waals surface area contributed by atoms with Crippen molar-refractivity contribution in [3.63, 3.8) is 0 Å². The van der Waals surface area contributed by atoms with Gasteiger partial charge in [0.1, 0.15) is 12.4 Å². The number of carbonyl (C=O) groups excluding carboxylic acids is 3. The topological polar surface area (TPSA) is 63.7 Å². The summed E-state index contributed by atoms with van der Waals surface area (Å²) >= 11 is 0. The van der Waals surface area contributed by atoms with Crippen molar-refractivity contribution in [1.82, 2.24) is 4.90 Å². The van der Waals surface area contributed by atoms with Crippen LogP contribution in [0, 0.1) is 23.7 Å². The summed E-state index contributed by atoms with van der Waals surface area (Å²) in [6.07, 6.45) is 2.24. The molecule has 2 saturated carbocycles. The lowest BCUT2D eigenvalue weighted by Gasteiger charge is -2.40. The first-order chi connectivity index (χ1) is 12.5. The Morgan fingerprint density at radius 2 is 1.88 bits per heavy atom. The fourth-order valence-electron chi connectivity index (χ4n) is 5.11. The highest BCUT2D eigenvalue weighted by molar-refractivity contribution is 5.92. The van der Waals surface area contributed by atoms with Crippen molar-refractivity contribution in [2.24, 2.45) is 23.7 Å². The molecule has 1 aromatic rings. The van der Waals surface area contributed by atoms with Crippen LogP contribution in [0.5, 0.6) is 0 Å². The molecule has 2 aliphatic carbocycles. The molecule has 4 aliphatic rings. The maximum Gasteiger partial charge on any atom is 0.410 e. The van der Waals surface area contributed by atoms with E-state index in [1.54, 1.807) is 4.90 Å². The van der Waals surface area contributed by atoms with Gasteiger partial charge in [0.2, 0.25) is 0 Å². The summed E-state index contributed by atoms with van der Waals surface area (Å²) in [5, 5.41) is 0. The number of carbonyl (C=O) groups is 3. The summed E-state index contributed by atoms with van der Waals surface area (Å²) in [5.41, 5.74) is 0.923. The highest BCUT2D eigenvalue weighted by atomic mass is 16.6. The van der Waals surface area contributed by atoms with Gasteiger partial charge in [0.25, 0.3) is 0 Å². The van der Waals surface area contributed by atoms with Crippen molar-refractivity contribution in [3.05, 3.63) is 35.9 Å². The number of hydrogen-bond donors (Lipinski definition) is 0. The van der Waals surface area contributed by atoms with Crippen molar-refractivity contribution in [2.45, 2.75) is 45.3 Å². The summed E-state index contributed by atoms with van der Waals surface area (Å²) in [5.74, 6) is 0.617. The summed E-state index contributed by atoms with van der Waals surface area (Å²) < 4.78 is 5.51. The van der Waals surface area contributed by atoms with E-state index in [4.69, 9.17) is 4.74 Å². The van der Waals surface area contributed by atoms with E-state index in [0.29, 0.717) is 19.4 Å². The van der Waals surface area contributed by atoms with E-state index < -0.39 is 12.1 Å². The molecule has 0 aromatic heterocycles. The average Bonchev–Trinajstić information content (AvgIpc) is 2.86. The van der Waals surface area contributed by atoms with Gasteiger partial charge in [-0.15, -0.1) is 0 Å². The largest absolute Gasteiger partial charge is 0.445 e. The summed E-state index contributed by atoms with van der Waals surface area (Å²) in [4.78, 5) is 39.7. The molecule has 2 bridgehead atoms. The normalized spacial score (nSPS) is 33.6. The summed E-state index contributed by atoms with van der Waals surface area (Å²) in [6, 6.07) is 9.04. The van der Waals surface area contributed by atoms with Crippen molar-refractivity contribution in [2.75, 3.05) is 6.54 Å². The zero-order valence-corrected chi connectivity index (χ0v) is 15.1. The van der Waals surface area contributed by atoms with Gasteiger partial charge in [-0.1, -0.05) is 37.3 Å². The molecule has 1 amide bonds. The molecule has 2 heterocycles. The van der Waals surface area contributed by atoms with Gasteiger partial charge in [0, 0.05) is 25.3 Å². The summed E-state index contributed by atoms with van der Waals surface area (Å²) in [6.45, 7) is 2.79. The Hall–Kier alpha value is -2.17. The molecule has 2 saturated heterocycles. The molecule has 5 nitrogen and oxygen atoms in total. The van der Waals surface area contributed by atoms with Crippen LogP contribution in [-0.4, -0.2) is 35.1 Å². The first-order valence-corrected chi connectivity index (χ1v) is 9.55. The molecule has 5 rings (SSSR count). The van der Waals surface area contributed by atoms with E-state index in [1.165, 1.54) is 0 Å². The zero-order valence-electron chi connectivity index (χ0n) is 15.1. The standard InChI is InChI=1S/C21H25NO4/c1-13-7-17-16(18(23)8-13)9-15-10-19(24)20(17)22(11-15)21(25)26-12-14-5-3-2-4-6-14/h2-6,13,15-17,20H,7-12H2,1H3/t13?,15-,16-,17?,20?/m1/s1. The molecule has 138 valence electrons. The molecule has 5 heteroatoms. The van der Waals surface area contributed by atoms with Crippen LogP contribution in [-0.2, 0) is 20.9 Å². The van der Waals surface area contributed by atoms with Gasteiger partial charge in [-0.3, -0.25) is 14.5 Å². The lowest BCUT2D eigenvalue weighted by Crippen LogP contribution is -2.55. The number of ketones is 2. The van der Waals surface area contributed by atoms with E-state index in [1.807, 2.05) is 30.3 Å². The van der Waals surface area contributed by atoms with Crippen LogP contribution in [0.15, 0.2) is 30.3 Å². The number of ether oxygens (including phenoxy) is 1. The molecule has 0 radical (unpaired) electrons. The Labute approximate surface area is 153 Å². The smallest absolute Gasteiger partial charge is 0.410 e. The van der Waals surface area contributed by atoms with E-state index in [9.17, 15) is 14.4 Å². The molecule has 0 N–H and O–H groups in total. The van der Waals surface area contributed by atoms with E-state index >= 15 is 0 Å². The molecule has 5 atom stereocenters. The van der Waals surface area contributed by atoms with Gasteiger partial charge in [0.15, 0.2) is 5.78 Å². The van der Waals surface area contributed by atoms with Gasteiger partial charge in [-0.25, -0.2) is 4.79 Å². The third kappa shape index (κ3) is 3.15. The lowest BCUT2D eigenvalue weighted by atomic mass is 9.70. The minimum Gasteiger partial charge on any atom is -0.445 e. The predicted molar refractivity (Wildman–Crippen MR) is 95.2 cm³/mol. The highest BCUT2D eigenvalue weighted by Gasteiger charge is 2.52. The molecule has 0 spiro atoms. The SMILES string of the molecule is CC1CC(=O)[C@@H]2C[C@@H]3CC(=O)C(C2C1)N(C(=O)OCc1ccccc1)C3. The van der Waals surface area contributed by atoms with Crippen molar-refractivity contribution in [3.8, 4) is 0 Å². The van der Waals surface area contributed by atoms with Crippen molar-refractivity contribution in [1.29, 1.82) is 0 Å². The number of benzene rings is 1. The van der Waals surface area contributed by atoms with Gasteiger partial charge in [-0.05, 0) is 36.2 Å². The number of Topliss-reactive ketones (excluding diaryl/α,β-unsaturated/α-hetero) is 2. The highest BCUT2D eigenvalue weighted by Crippen LogP contribution is 2.45. The Balaban J connectivity index is 1.54. The molecule has 3 unspecified atom stereocenters. The Kier molecular flexibility index (Phi) is 4.55. The Morgan fingerprint density at radius 1 is 1.12 bits per heavy atom. The van der Waals surface area contributed by atoms with Crippen LogP contribution in [0.4, 0.5) is 4.79 Å². The van der Waals surface area contributed by atoms with E-state index in [0.717, 1.165) is 18.4 Å². The van der Waals surface area contributed by atoms with Gasteiger partial charge in [-0.2, -0.15) is 0 Å². The van der Waals surface area contributed by atoms with Gasteiger partial charge >= 0.3 is 6.09 Å². The third-order valence-electron chi connectivity index (χ3n) is 6.20. The molecular formula is C21H25NO4. The number of nitrogens with zero attached hydrogens (tertiary/aromatic N) is 1. The van der Waals surface area contributed by atoms with Crippen LogP contribution in [0.1, 0.15) is 38.2 Å². The first kappa shape index (κ1) is 17.3. The van der Waals surface area contributed by atoms with E-state index in [2.05, 4.69) is 6.92 Å². The van der Waals surface area contributed by atoms with Crippen LogP contribution >= 0.6 is 0 Å². The summed E-state index contributed by atoms with van der Waals surface area (Å²) in [7, 11) is 0. The van der Waals surface area contributed by atoms with Crippen molar-refractivity contribution >= 4 is 17.7 Å². The average molecular weight is 355 g/mol. The van der Waals surface area contributed by atoms with Crippen molar-refractivity contribution < 1.29 is 19.1 Å². The van der Waals surface area contributed by atoms with Crippen LogP contribution in [0.3, 0.4) is 0 Å². The minimum absolute atomic E-state index is 0.0458. The fourth-order valence-corrected chi connectivity index (χ4v) is 5.11. The molecule has 4 fully saturated rings. The second-order valence-corrected chi connectivity index (χ2v) is 8.19. The molecule has 26 heavy (non-hydrogen) atoms. The maximum atomic E-state index is 12.8. The van der Waals surface area contributed by atoms with Crippen LogP contribution in [0.2, 0.25) is 0 Å². The number of piperidine rings is 1. The minimum atomic E-state index is -0.492. The molecule has 1 aromatic carbocycles. The second kappa shape index (κ2) is 6.86. The van der Waals surface area contributed by atoms with Crippen LogP contribution < -0.4 is 0 Å². The van der Waals surface area contributed by atoms with Crippen LogP contribution in [0.25, 0.3) is 0 Å². The van der Waals surface area contributed by atoms with E-state index in [-0.39, 0.29) is 41.8 Å². The maximum absolute atomic E-state index is 12.8. The Morgan fingerprint density at radius 3 is 2.65 bits per heavy atom. The third-order valence-corrected chi connectivity index (χ3v) is 6.20. The Bertz CT molecular complexity index is 716. The number of hydrogen-bond acceptors (Lipinski definition) is 4. The quantitative estimate of drug-likeness (QED) is 0.817. The second-order valence-electron chi connectivity index (χ2n) is 8.19. The number of fused-ring (bicyclic) bond motifs is 2. The number of rotatable bonds is 2. The van der Waals surface area contributed by atoms with Gasteiger partial charge < -0.3 is 4.74 Å². The molecular weight excluding hydrogens is 330 g/mol. The monoisotopic (exact) mass is 355 g/mol. The first-order valence-electron chi connectivity index (χ1n) is 9.55. The number of amides is 1. The zero-order chi connectivity index (χ0) is 18.3. The fraction of sp³-hybridized carbons (Fsp3) is 0.571. The predicted octanol–water partition coefficient (Wildman–Crippen LogP) is 3.22. The molecule has 2 aliphatic heterocycles.